The number of hydrogen-bond acceptors (Lipinski definition) is 1. The Morgan fingerprint density at radius 1 is 1.71 bits per heavy atom. The Bertz CT molecular complexity index is 247. The van der Waals surface area contributed by atoms with Gasteiger partial charge in [0, 0.05) is 12.8 Å². The van der Waals surface area contributed by atoms with E-state index in [1.807, 2.05) is 0 Å². The Morgan fingerprint density at radius 3 is 2.93 bits per heavy atom. The van der Waals surface area contributed by atoms with Crippen LogP contribution in [-0.4, -0.2) is 5.78 Å². The normalized spacial score (nSPS) is 33.1. The highest BCUT2D eigenvalue weighted by molar-refractivity contribution is 14.1. The van der Waals surface area contributed by atoms with Crippen LogP contribution < -0.4 is 0 Å². The van der Waals surface area contributed by atoms with Crippen molar-refractivity contribution in [1.82, 2.24) is 0 Å². The molecule has 0 saturated heterocycles. The van der Waals surface area contributed by atoms with Crippen molar-refractivity contribution in [2.45, 2.75) is 46.0 Å². The highest BCUT2D eigenvalue weighted by Gasteiger charge is 2.36. The molecule has 1 aliphatic rings. The molecule has 1 fully saturated rings. The molecule has 0 heterocycles. The minimum atomic E-state index is 0.226. The second kappa shape index (κ2) is 4.77. The number of halogens is 1. The maximum atomic E-state index is 11.4. The molecule has 0 aromatic heterocycles. The SMILES string of the molecule is C=C(I)CC[C@@]1(C)CC(=O)CC[C@@H]1C. The van der Waals surface area contributed by atoms with Gasteiger partial charge in [0.1, 0.15) is 5.78 Å². The fourth-order valence-electron chi connectivity index (χ4n) is 2.19. The Kier molecular flexibility index (Phi) is 4.16. The summed E-state index contributed by atoms with van der Waals surface area (Å²) in [4.78, 5) is 11.4. The summed E-state index contributed by atoms with van der Waals surface area (Å²) in [5, 5.41) is 0. The molecule has 0 N–H and O–H groups in total. The van der Waals surface area contributed by atoms with E-state index in [4.69, 9.17) is 0 Å². The molecule has 0 aliphatic heterocycles. The predicted molar refractivity (Wildman–Crippen MR) is 68.5 cm³/mol. The molecular weight excluding hydrogens is 287 g/mol. The number of rotatable bonds is 3. The summed E-state index contributed by atoms with van der Waals surface area (Å²) in [5.74, 6) is 1.13. The maximum absolute atomic E-state index is 11.4. The van der Waals surface area contributed by atoms with Crippen LogP contribution in [0.3, 0.4) is 0 Å². The van der Waals surface area contributed by atoms with Crippen LogP contribution in [0.5, 0.6) is 0 Å². The van der Waals surface area contributed by atoms with Gasteiger partial charge in [-0.3, -0.25) is 4.79 Å². The van der Waals surface area contributed by atoms with E-state index in [2.05, 4.69) is 43.0 Å². The van der Waals surface area contributed by atoms with E-state index in [1.54, 1.807) is 0 Å². The average molecular weight is 306 g/mol. The van der Waals surface area contributed by atoms with Crippen LogP contribution in [0, 0.1) is 11.3 Å². The standard InChI is InChI=1S/C12H19IO/c1-9-4-5-11(14)8-12(9,3)7-6-10(2)13/h9H,2,4-8H2,1,3H3/t9-,12-/m0/s1. The molecule has 0 aromatic rings. The molecular formula is C12H19IO. The van der Waals surface area contributed by atoms with Crippen molar-refractivity contribution in [1.29, 1.82) is 0 Å². The minimum Gasteiger partial charge on any atom is -0.300 e. The van der Waals surface area contributed by atoms with E-state index in [0.717, 1.165) is 32.1 Å². The number of hydrogen-bond donors (Lipinski definition) is 0. The number of ketones is 1. The van der Waals surface area contributed by atoms with Crippen molar-refractivity contribution in [3.63, 3.8) is 0 Å². The van der Waals surface area contributed by atoms with Gasteiger partial charge in [-0.15, -0.1) is 0 Å². The summed E-state index contributed by atoms with van der Waals surface area (Å²) >= 11 is 2.28. The van der Waals surface area contributed by atoms with E-state index in [0.29, 0.717) is 11.7 Å². The molecule has 0 bridgehead atoms. The van der Waals surface area contributed by atoms with Gasteiger partial charge in [-0.1, -0.05) is 20.4 Å². The van der Waals surface area contributed by atoms with Crippen molar-refractivity contribution < 1.29 is 4.79 Å². The number of Topliss-reactive ketones (excluding diaryl/α,β-unsaturated/α-hetero) is 1. The van der Waals surface area contributed by atoms with Gasteiger partial charge >= 0.3 is 0 Å². The number of carbonyl (C=O) groups is 1. The van der Waals surface area contributed by atoms with E-state index < -0.39 is 0 Å². The zero-order valence-corrected chi connectivity index (χ0v) is 11.3. The Balaban J connectivity index is 2.59. The lowest BCUT2D eigenvalue weighted by atomic mass is 9.65. The molecule has 2 atom stereocenters. The van der Waals surface area contributed by atoms with E-state index in [-0.39, 0.29) is 5.41 Å². The first-order valence-electron chi connectivity index (χ1n) is 5.29. The molecule has 0 radical (unpaired) electrons. The zero-order valence-electron chi connectivity index (χ0n) is 9.11. The van der Waals surface area contributed by atoms with Crippen LogP contribution in [0.1, 0.15) is 46.0 Å². The average Bonchev–Trinajstić information content (AvgIpc) is 2.09. The quantitative estimate of drug-likeness (QED) is 0.717. The molecule has 14 heavy (non-hydrogen) atoms. The third-order valence-corrected chi connectivity index (χ3v) is 4.15. The topological polar surface area (TPSA) is 17.1 Å². The number of carbonyl (C=O) groups excluding carboxylic acids is 1. The first kappa shape index (κ1) is 12.2. The molecule has 0 unspecified atom stereocenters. The fourth-order valence-corrected chi connectivity index (χ4v) is 2.46. The molecule has 2 heteroatoms. The fraction of sp³-hybridized carbons (Fsp3) is 0.750. The van der Waals surface area contributed by atoms with Crippen molar-refractivity contribution in [2.75, 3.05) is 0 Å². The minimum absolute atomic E-state index is 0.226. The zero-order chi connectivity index (χ0) is 10.8. The molecule has 80 valence electrons. The van der Waals surface area contributed by atoms with Crippen LogP contribution in [0.4, 0.5) is 0 Å². The van der Waals surface area contributed by atoms with E-state index in [1.165, 1.54) is 3.58 Å². The molecule has 1 aliphatic carbocycles. The molecule has 1 nitrogen and oxygen atoms in total. The smallest absolute Gasteiger partial charge is 0.133 e. The third kappa shape index (κ3) is 3.07. The van der Waals surface area contributed by atoms with Crippen LogP contribution in [-0.2, 0) is 4.79 Å². The summed E-state index contributed by atoms with van der Waals surface area (Å²) in [7, 11) is 0. The van der Waals surface area contributed by atoms with Crippen LogP contribution >= 0.6 is 22.6 Å². The molecule has 0 aromatic carbocycles. The second-order valence-corrected chi connectivity index (χ2v) is 6.35. The number of allylic oxidation sites excluding steroid dienone is 1. The highest BCUT2D eigenvalue weighted by Crippen LogP contribution is 2.43. The van der Waals surface area contributed by atoms with Crippen LogP contribution in [0.25, 0.3) is 0 Å². The summed E-state index contributed by atoms with van der Waals surface area (Å²) in [6.45, 7) is 8.45. The third-order valence-electron chi connectivity index (χ3n) is 3.61. The van der Waals surface area contributed by atoms with Gasteiger partial charge in [-0.2, -0.15) is 0 Å². The Hall–Kier alpha value is 0.140. The van der Waals surface area contributed by atoms with Crippen LogP contribution in [0.15, 0.2) is 10.2 Å². The van der Waals surface area contributed by atoms with Crippen molar-refractivity contribution >= 4 is 28.4 Å². The van der Waals surface area contributed by atoms with Gasteiger partial charge in [-0.05, 0) is 56.8 Å². The van der Waals surface area contributed by atoms with Crippen molar-refractivity contribution in [2.24, 2.45) is 11.3 Å². The second-order valence-electron chi connectivity index (χ2n) is 4.83. The van der Waals surface area contributed by atoms with E-state index in [9.17, 15) is 4.79 Å². The lowest BCUT2D eigenvalue weighted by molar-refractivity contribution is -0.125. The van der Waals surface area contributed by atoms with Gasteiger partial charge < -0.3 is 0 Å². The molecule has 1 rings (SSSR count). The van der Waals surface area contributed by atoms with Gasteiger partial charge in [0.05, 0.1) is 0 Å². The predicted octanol–water partition coefficient (Wildman–Crippen LogP) is 4.11. The maximum Gasteiger partial charge on any atom is 0.133 e. The largest absolute Gasteiger partial charge is 0.300 e. The molecule has 0 amide bonds. The first-order chi connectivity index (χ1) is 6.44. The summed E-state index contributed by atoms with van der Waals surface area (Å²) < 4.78 is 1.20. The molecule has 0 spiro atoms. The lowest BCUT2D eigenvalue weighted by Crippen LogP contribution is -2.33. The van der Waals surface area contributed by atoms with Gasteiger partial charge in [0.25, 0.3) is 0 Å². The summed E-state index contributed by atoms with van der Waals surface area (Å²) in [6, 6.07) is 0. The van der Waals surface area contributed by atoms with Crippen molar-refractivity contribution in [3.05, 3.63) is 10.2 Å². The van der Waals surface area contributed by atoms with Crippen molar-refractivity contribution in [3.8, 4) is 0 Å². The van der Waals surface area contributed by atoms with Crippen LogP contribution in [0.2, 0.25) is 0 Å². The van der Waals surface area contributed by atoms with Gasteiger partial charge in [0.15, 0.2) is 0 Å². The van der Waals surface area contributed by atoms with Gasteiger partial charge in [-0.25, -0.2) is 0 Å². The van der Waals surface area contributed by atoms with Gasteiger partial charge in [0.2, 0.25) is 0 Å². The van der Waals surface area contributed by atoms with E-state index >= 15 is 0 Å². The summed E-state index contributed by atoms with van der Waals surface area (Å²) in [6.07, 6.45) is 4.80. The summed E-state index contributed by atoms with van der Waals surface area (Å²) in [5.41, 5.74) is 0.226. The monoisotopic (exact) mass is 306 g/mol. The Morgan fingerprint density at radius 2 is 2.36 bits per heavy atom. The Labute approximate surface area is 100 Å². The first-order valence-corrected chi connectivity index (χ1v) is 6.37. The molecule has 1 saturated carbocycles. The lowest BCUT2D eigenvalue weighted by Gasteiger charge is -2.39. The highest BCUT2D eigenvalue weighted by atomic mass is 127.